The Hall–Kier alpha value is -3.61. The molecule has 0 amide bonds. The molecule has 3 rings (SSSR count). The molecule has 0 aliphatic rings. The van der Waals surface area contributed by atoms with Crippen molar-refractivity contribution in [3.63, 3.8) is 0 Å². The van der Waals surface area contributed by atoms with Crippen molar-refractivity contribution in [2.75, 3.05) is 34.2 Å². The minimum atomic E-state index is -0.667. The summed E-state index contributed by atoms with van der Waals surface area (Å²) in [5.41, 5.74) is 7.89. The van der Waals surface area contributed by atoms with Crippen LogP contribution in [0.2, 0.25) is 0 Å². The van der Waals surface area contributed by atoms with E-state index in [2.05, 4.69) is 0 Å². The number of anilines is 1. The first-order valence-electron chi connectivity index (χ1n) is 10.1. The molecule has 32 heavy (non-hydrogen) atoms. The molecular weight excluding hydrogens is 410 g/mol. The third-order valence-electron chi connectivity index (χ3n) is 4.98. The van der Waals surface area contributed by atoms with E-state index in [9.17, 15) is 4.79 Å². The summed E-state index contributed by atoms with van der Waals surface area (Å²) in [6.07, 6.45) is 0. The lowest BCUT2D eigenvalue weighted by Gasteiger charge is -2.22. The molecule has 0 saturated heterocycles. The quantitative estimate of drug-likeness (QED) is 0.423. The van der Waals surface area contributed by atoms with Crippen LogP contribution in [0.1, 0.15) is 31.1 Å². The Morgan fingerprint density at radius 3 is 1.91 bits per heavy atom. The van der Waals surface area contributed by atoms with Gasteiger partial charge in [-0.15, -0.1) is 0 Å². The summed E-state index contributed by atoms with van der Waals surface area (Å²) in [6.45, 7) is 5.43. The number of ether oxygens (including phenoxy) is 5. The van der Waals surface area contributed by atoms with Gasteiger partial charge in [-0.05, 0) is 67.4 Å². The van der Waals surface area contributed by atoms with Crippen LogP contribution in [0.25, 0.3) is 21.9 Å². The minimum absolute atomic E-state index is 0.268. The number of fused-ring (bicyclic) bond motifs is 1. The molecule has 0 bridgehead atoms. The topological polar surface area (TPSA) is 89.2 Å². The van der Waals surface area contributed by atoms with E-state index in [4.69, 9.17) is 29.4 Å². The Kier molecular flexibility index (Phi) is 6.39. The lowest BCUT2D eigenvalue weighted by Crippen LogP contribution is -2.24. The largest absolute Gasteiger partial charge is 0.493 e. The lowest BCUT2D eigenvalue weighted by atomic mass is 9.92. The molecule has 0 aliphatic carbocycles. The predicted molar refractivity (Wildman–Crippen MR) is 125 cm³/mol. The maximum atomic E-state index is 13.0. The summed E-state index contributed by atoms with van der Waals surface area (Å²) in [5, 5.41) is 1.54. The summed E-state index contributed by atoms with van der Waals surface area (Å²) in [4.78, 5) is 13.0. The summed E-state index contributed by atoms with van der Waals surface area (Å²) in [5.74, 6) is 1.71. The van der Waals surface area contributed by atoms with Crippen LogP contribution in [0, 0.1) is 0 Å². The average Bonchev–Trinajstić information content (AvgIpc) is 2.76. The number of nitrogen functional groups attached to an aromatic ring is 1. The van der Waals surface area contributed by atoms with Crippen LogP contribution in [0.15, 0.2) is 36.4 Å². The number of esters is 1. The first-order valence-corrected chi connectivity index (χ1v) is 10.1. The Morgan fingerprint density at radius 2 is 1.34 bits per heavy atom. The van der Waals surface area contributed by atoms with E-state index in [0.29, 0.717) is 34.2 Å². The second kappa shape index (κ2) is 8.86. The van der Waals surface area contributed by atoms with Gasteiger partial charge in [-0.25, -0.2) is 4.79 Å². The molecule has 7 heteroatoms. The summed E-state index contributed by atoms with van der Waals surface area (Å²) in [6, 6.07) is 10.8. The molecule has 170 valence electrons. The highest BCUT2D eigenvalue weighted by Crippen LogP contribution is 2.43. The molecule has 2 N–H and O–H groups in total. The van der Waals surface area contributed by atoms with E-state index >= 15 is 0 Å². The fraction of sp³-hybridized carbons (Fsp3) is 0.320. The van der Waals surface area contributed by atoms with Crippen molar-refractivity contribution in [3.05, 3.63) is 42.0 Å². The van der Waals surface area contributed by atoms with Gasteiger partial charge in [-0.1, -0.05) is 6.07 Å². The predicted octanol–water partition coefficient (Wildman–Crippen LogP) is 5.08. The van der Waals surface area contributed by atoms with Gasteiger partial charge >= 0.3 is 5.97 Å². The number of hydrogen-bond donors (Lipinski definition) is 1. The highest BCUT2D eigenvalue weighted by atomic mass is 16.6. The number of rotatable bonds is 6. The molecule has 7 nitrogen and oxygen atoms in total. The van der Waals surface area contributed by atoms with E-state index < -0.39 is 11.6 Å². The number of hydrogen-bond acceptors (Lipinski definition) is 7. The Labute approximate surface area is 188 Å². The van der Waals surface area contributed by atoms with E-state index in [1.807, 2.05) is 45.0 Å². The molecule has 0 fully saturated rings. The van der Waals surface area contributed by atoms with Crippen molar-refractivity contribution < 1.29 is 28.5 Å². The van der Waals surface area contributed by atoms with E-state index in [-0.39, 0.29) is 5.56 Å². The first kappa shape index (κ1) is 23.1. The van der Waals surface area contributed by atoms with Crippen LogP contribution in [-0.4, -0.2) is 40.0 Å². The summed E-state index contributed by atoms with van der Waals surface area (Å²) < 4.78 is 27.4. The minimum Gasteiger partial charge on any atom is -0.493 e. The number of nitrogens with two attached hydrogens (primary N) is 1. The first-order chi connectivity index (χ1) is 15.1. The molecule has 0 spiro atoms. The molecule has 0 saturated carbocycles. The Bertz CT molecular complexity index is 1160. The van der Waals surface area contributed by atoms with Gasteiger partial charge in [-0.2, -0.15) is 0 Å². The SMILES string of the molecule is COc1ccc(-c2c(N)c(C(=O)OC(C)(C)C)cc3cc(OC)c(OC)cc23)cc1OC. The van der Waals surface area contributed by atoms with E-state index in [1.165, 1.54) is 0 Å². The van der Waals surface area contributed by atoms with E-state index in [1.54, 1.807) is 40.6 Å². The van der Waals surface area contributed by atoms with Gasteiger partial charge in [0.05, 0.1) is 39.7 Å². The monoisotopic (exact) mass is 439 g/mol. The zero-order valence-corrected chi connectivity index (χ0v) is 19.5. The second-order valence-corrected chi connectivity index (χ2v) is 8.21. The van der Waals surface area contributed by atoms with Crippen molar-refractivity contribution in [1.82, 2.24) is 0 Å². The van der Waals surface area contributed by atoms with Crippen LogP contribution in [0.4, 0.5) is 5.69 Å². The van der Waals surface area contributed by atoms with E-state index in [0.717, 1.165) is 16.3 Å². The zero-order chi connectivity index (χ0) is 23.6. The molecular formula is C25H29NO6. The van der Waals surface area contributed by atoms with Gasteiger partial charge in [0, 0.05) is 5.56 Å². The van der Waals surface area contributed by atoms with Gasteiger partial charge in [0.2, 0.25) is 0 Å². The Morgan fingerprint density at radius 1 is 0.781 bits per heavy atom. The highest BCUT2D eigenvalue weighted by Gasteiger charge is 2.24. The number of carbonyl (C=O) groups excluding carboxylic acids is 1. The highest BCUT2D eigenvalue weighted by molar-refractivity contribution is 6.11. The van der Waals surface area contributed by atoms with Crippen molar-refractivity contribution in [2.45, 2.75) is 26.4 Å². The van der Waals surface area contributed by atoms with Crippen LogP contribution in [0.5, 0.6) is 23.0 Å². The third-order valence-corrected chi connectivity index (χ3v) is 4.98. The van der Waals surface area contributed by atoms with Crippen LogP contribution in [0.3, 0.4) is 0 Å². The number of benzene rings is 3. The number of methoxy groups -OCH3 is 4. The molecule has 0 atom stereocenters. The summed E-state index contributed by atoms with van der Waals surface area (Å²) in [7, 11) is 6.26. The molecule has 0 heterocycles. The van der Waals surface area contributed by atoms with Crippen molar-refractivity contribution in [1.29, 1.82) is 0 Å². The van der Waals surface area contributed by atoms with Gasteiger partial charge < -0.3 is 29.4 Å². The van der Waals surface area contributed by atoms with Crippen molar-refractivity contribution in [2.24, 2.45) is 0 Å². The second-order valence-electron chi connectivity index (χ2n) is 8.21. The fourth-order valence-electron chi connectivity index (χ4n) is 3.55. The van der Waals surface area contributed by atoms with Crippen LogP contribution >= 0.6 is 0 Å². The maximum Gasteiger partial charge on any atom is 0.340 e. The fourth-order valence-corrected chi connectivity index (χ4v) is 3.55. The summed E-state index contributed by atoms with van der Waals surface area (Å²) >= 11 is 0. The molecule has 0 unspecified atom stereocenters. The molecule has 3 aromatic carbocycles. The van der Waals surface area contributed by atoms with Crippen LogP contribution < -0.4 is 24.7 Å². The van der Waals surface area contributed by atoms with Gasteiger partial charge in [-0.3, -0.25) is 0 Å². The molecule has 3 aromatic rings. The lowest BCUT2D eigenvalue weighted by molar-refractivity contribution is 0.00710. The maximum absolute atomic E-state index is 13.0. The smallest absolute Gasteiger partial charge is 0.340 e. The molecule has 0 aliphatic heterocycles. The van der Waals surface area contributed by atoms with Crippen molar-refractivity contribution >= 4 is 22.4 Å². The van der Waals surface area contributed by atoms with Crippen LogP contribution in [-0.2, 0) is 4.74 Å². The third kappa shape index (κ3) is 4.37. The van der Waals surface area contributed by atoms with Gasteiger partial charge in [0.1, 0.15) is 5.60 Å². The van der Waals surface area contributed by atoms with Gasteiger partial charge in [0.15, 0.2) is 23.0 Å². The normalized spacial score (nSPS) is 11.2. The Balaban J connectivity index is 2.38. The molecule has 0 radical (unpaired) electrons. The van der Waals surface area contributed by atoms with Gasteiger partial charge in [0.25, 0.3) is 0 Å². The molecule has 0 aromatic heterocycles. The van der Waals surface area contributed by atoms with Crippen molar-refractivity contribution in [3.8, 4) is 34.1 Å². The standard InChI is InChI=1S/C25H29NO6/c1-25(2,3)32-24(27)17-10-15-12-20(30-6)21(31-7)13-16(15)22(23(17)26)14-8-9-18(28-4)19(11-14)29-5/h8-13H,26H2,1-7H3. The number of carbonyl (C=O) groups is 1. The average molecular weight is 440 g/mol. The zero-order valence-electron chi connectivity index (χ0n) is 19.5.